The number of nitrogens with one attached hydrogen (secondary N) is 1. The van der Waals surface area contributed by atoms with Gasteiger partial charge in [-0.15, -0.1) is 0 Å². The molecule has 5 nitrogen and oxygen atoms in total. The molecular weight excluding hydrogens is 232 g/mol. The summed E-state index contributed by atoms with van der Waals surface area (Å²) in [5, 5.41) is 11.6. The molecule has 0 atom stereocenters. The Kier molecular flexibility index (Phi) is 3.82. The van der Waals surface area contributed by atoms with Crippen LogP contribution in [0.2, 0.25) is 0 Å². The standard InChI is InChI=1S/C13H16N2O3/c16-12(17)11-5-3-10(4-6-11)9-14-13(18)15-7-1-2-8-15/h3-6H,1-2,7-9H2,(H,14,18)(H,16,17). The van der Waals surface area contributed by atoms with E-state index in [4.69, 9.17) is 5.11 Å². The van der Waals surface area contributed by atoms with Crippen molar-refractivity contribution in [2.24, 2.45) is 0 Å². The van der Waals surface area contributed by atoms with E-state index in [1.54, 1.807) is 29.2 Å². The van der Waals surface area contributed by atoms with Gasteiger partial charge in [-0.1, -0.05) is 12.1 Å². The van der Waals surface area contributed by atoms with Crippen LogP contribution in [0.25, 0.3) is 0 Å². The van der Waals surface area contributed by atoms with E-state index in [1.807, 2.05) is 0 Å². The summed E-state index contributed by atoms with van der Waals surface area (Å²) in [5.41, 5.74) is 1.15. The molecule has 1 aromatic rings. The highest BCUT2D eigenvalue weighted by Gasteiger charge is 2.16. The maximum absolute atomic E-state index is 11.7. The maximum atomic E-state index is 11.7. The van der Waals surface area contributed by atoms with Gasteiger partial charge in [-0.2, -0.15) is 0 Å². The van der Waals surface area contributed by atoms with Gasteiger partial charge < -0.3 is 15.3 Å². The highest BCUT2D eigenvalue weighted by atomic mass is 16.4. The van der Waals surface area contributed by atoms with Gasteiger partial charge in [0.2, 0.25) is 0 Å². The minimum Gasteiger partial charge on any atom is -0.478 e. The molecule has 0 spiro atoms. The van der Waals surface area contributed by atoms with E-state index in [9.17, 15) is 9.59 Å². The number of carbonyl (C=O) groups is 2. The first-order chi connectivity index (χ1) is 8.66. The molecule has 1 fully saturated rings. The Hall–Kier alpha value is -2.04. The Morgan fingerprint density at radius 1 is 1.17 bits per heavy atom. The van der Waals surface area contributed by atoms with Crippen molar-refractivity contribution in [3.8, 4) is 0 Å². The molecule has 18 heavy (non-hydrogen) atoms. The molecule has 0 radical (unpaired) electrons. The third-order valence-electron chi connectivity index (χ3n) is 3.04. The molecule has 0 saturated carbocycles. The molecule has 0 aliphatic carbocycles. The number of carboxylic acids is 1. The van der Waals surface area contributed by atoms with Gasteiger partial charge in [-0.3, -0.25) is 0 Å². The van der Waals surface area contributed by atoms with Gasteiger partial charge in [0.25, 0.3) is 0 Å². The lowest BCUT2D eigenvalue weighted by Crippen LogP contribution is -2.37. The van der Waals surface area contributed by atoms with Crippen LogP contribution >= 0.6 is 0 Å². The van der Waals surface area contributed by atoms with E-state index in [1.165, 1.54) is 0 Å². The molecule has 1 heterocycles. The zero-order valence-corrected chi connectivity index (χ0v) is 10.1. The Morgan fingerprint density at radius 2 is 1.78 bits per heavy atom. The second kappa shape index (κ2) is 5.53. The smallest absolute Gasteiger partial charge is 0.335 e. The SMILES string of the molecule is O=C(O)c1ccc(CNC(=O)N2CCCC2)cc1. The Bertz CT molecular complexity index is 436. The van der Waals surface area contributed by atoms with Gasteiger partial charge in [0, 0.05) is 19.6 Å². The summed E-state index contributed by atoms with van der Waals surface area (Å²) in [6.07, 6.45) is 2.14. The predicted octanol–water partition coefficient (Wildman–Crippen LogP) is 1.69. The summed E-state index contributed by atoms with van der Waals surface area (Å²) in [6, 6.07) is 6.47. The first kappa shape index (κ1) is 12.4. The summed E-state index contributed by atoms with van der Waals surface area (Å²) in [5.74, 6) is -0.942. The Labute approximate surface area is 105 Å². The van der Waals surface area contributed by atoms with Gasteiger partial charge >= 0.3 is 12.0 Å². The molecule has 5 heteroatoms. The van der Waals surface area contributed by atoms with E-state index in [0.29, 0.717) is 6.54 Å². The van der Waals surface area contributed by atoms with Crippen LogP contribution in [-0.2, 0) is 6.54 Å². The fraction of sp³-hybridized carbons (Fsp3) is 0.385. The minimum absolute atomic E-state index is 0.0465. The lowest BCUT2D eigenvalue weighted by atomic mass is 10.1. The van der Waals surface area contributed by atoms with E-state index in [0.717, 1.165) is 31.5 Å². The average Bonchev–Trinajstić information content (AvgIpc) is 2.90. The van der Waals surface area contributed by atoms with E-state index in [2.05, 4.69) is 5.32 Å². The Morgan fingerprint density at radius 3 is 2.33 bits per heavy atom. The summed E-state index contributed by atoms with van der Waals surface area (Å²) >= 11 is 0. The Balaban J connectivity index is 1.86. The van der Waals surface area contributed by atoms with E-state index >= 15 is 0 Å². The van der Waals surface area contributed by atoms with Crippen LogP contribution in [0.3, 0.4) is 0 Å². The molecule has 1 aromatic carbocycles. The fourth-order valence-electron chi connectivity index (χ4n) is 1.97. The lowest BCUT2D eigenvalue weighted by Gasteiger charge is -2.16. The number of amides is 2. The van der Waals surface area contributed by atoms with Crippen LogP contribution in [0.5, 0.6) is 0 Å². The summed E-state index contributed by atoms with van der Waals surface area (Å²) in [4.78, 5) is 24.2. The molecule has 1 saturated heterocycles. The van der Waals surface area contributed by atoms with Crippen LogP contribution in [0.4, 0.5) is 4.79 Å². The van der Waals surface area contributed by atoms with Crippen molar-refractivity contribution in [3.63, 3.8) is 0 Å². The van der Waals surface area contributed by atoms with Crippen molar-refractivity contribution >= 4 is 12.0 Å². The molecule has 1 aliphatic rings. The van der Waals surface area contributed by atoms with Crippen LogP contribution < -0.4 is 5.32 Å². The highest BCUT2D eigenvalue weighted by molar-refractivity contribution is 5.87. The highest BCUT2D eigenvalue weighted by Crippen LogP contribution is 2.08. The van der Waals surface area contributed by atoms with Crippen molar-refractivity contribution in [2.75, 3.05) is 13.1 Å². The third-order valence-corrected chi connectivity index (χ3v) is 3.04. The number of carbonyl (C=O) groups excluding carboxylic acids is 1. The van der Waals surface area contributed by atoms with Gasteiger partial charge in [0.05, 0.1) is 5.56 Å². The zero-order valence-electron chi connectivity index (χ0n) is 10.1. The molecule has 2 N–H and O–H groups in total. The topological polar surface area (TPSA) is 69.6 Å². The first-order valence-electron chi connectivity index (χ1n) is 6.02. The molecule has 2 amide bonds. The van der Waals surface area contributed by atoms with Crippen molar-refractivity contribution in [2.45, 2.75) is 19.4 Å². The largest absolute Gasteiger partial charge is 0.478 e. The summed E-state index contributed by atoms with van der Waals surface area (Å²) in [7, 11) is 0. The number of hydrogen-bond acceptors (Lipinski definition) is 2. The fourth-order valence-corrected chi connectivity index (χ4v) is 1.97. The molecule has 2 rings (SSSR count). The van der Waals surface area contributed by atoms with E-state index in [-0.39, 0.29) is 11.6 Å². The maximum Gasteiger partial charge on any atom is 0.335 e. The number of rotatable bonds is 3. The van der Waals surface area contributed by atoms with Gasteiger partial charge in [-0.05, 0) is 30.5 Å². The number of benzene rings is 1. The van der Waals surface area contributed by atoms with Gasteiger partial charge in [0.1, 0.15) is 0 Å². The second-order valence-electron chi connectivity index (χ2n) is 4.35. The van der Waals surface area contributed by atoms with Gasteiger partial charge in [-0.25, -0.2) is 9.59 Å². The second-order valence-corrected chi connectivity index (χ2v) is 4.35. The quantitative estimate of drug-likeness (QED) is 0.855. The van der Waals surface area contributed by atoms with Crippen LogP contribution in [0.15, 0.2) is 24.3 Å². The molecule has 96 valence electrons. The van der Waals surface area contributed by atoms with Crippen LogP contribution in [-0.4, -0.2) is 35.1 Å². The van der Waals surface area contributed by atoms with Crippen molar-refractivity contribution in [1.29, 1.82) is 0 Å². The number of hydrogen-bond donors (Lipinski definition) is 2. The molecule has 0 bridgehead atoms. The summed E-state index contributed by atoms with van der Waals surface area (Å²) in [6.45, 7) is 2.07. The number of nitrogens with zero attached hydrogens (tertiary/aromatic N) is 1. The molecule has 0 unspecified atom stereocenters. The first-order valence-corrected chi connectivity index (χ1v) is 6.02. The number of urea groups is 1. The number of likely N-dealkylation sites (tertiary alicyclic amines) is 1. The van der Waals surface area contributed by atoms with Crippen molar-refractivity contribution < 1.29 is 14.7 Å². The van der Waals surface area contributed by atoms with Crippen LogP contribution in [0, 0.1) is 0 Å². The minimum atomic E-state index is -0.942. The number of aromatic carboxylic acids is 1. The number of carboxylic acid groups (broad SMARTS) is 1. The average molecular weight is 248 g/mol. The molecular formula is C13H16N2O3. The predicted molar refractivity (Wildman–Crippen MR) is 66.4 cm³/mol. The van der Waals surface area contributed by atoms with Crippen molar-refractivity contribution in [3.05, 3.63) is 35.4 Å². The normalized spacial score (nSPS) is 14.6. The lowest BCUT2D eigenvalue weighted by molar-refractivity contribution is 0.0697. The van der Waals surface area contributed by atoms with Crippen LogP contribution in [0.1, 0.15) is 28.8 Å². The van der Waals surface area contributed by atoms with Gasteiger partial charge in [0.15, 0.2) is 0 Å². The third kappa shape index (κ3) is 3.00. The molecule has 1 aliphatic heterocycles. The van der Waals surface area contributed by atoms with Crippen molar-refractivity contribution in [1.82, 2.24) is 10.2 Å². The summed E-state index contributed by atoms with van der Waals surface area (Å²) < 4.78 is 0. The van der Waals surface area contributed by atoms with E-state index < -0.39 is 5.97 Å². The zero-order chi connectivity index (χ0) is 13.0. The monoisotopic (exact) mass is 248 g/mol. The molecule has 0 aromatic heterocycles.